The van der Waals surface area contributed by atoms with Gasteiger partial charge < -0.3 is 4.90 Å². The number of thiazole rings is 1. The van der Waals surface area contributed by atoms with Crippen LogP contribution in [0.3, 0.4) is 0 Å². The molecule has 1 amide bonds. The minimum Gasteiger partial charge on any atom is -0.308 e. The Morgan fingerprint density at radius 2 is 1.89 bits per heavy atom. The molecule has 8 heteroatoms. The lowest BCUT2D eigenvalue weighted by molar-refractivity contribution is -0.118. The van der Waals surface area contributed by atoms with Gasteiger partial charge in [-0.15, -0.1) is 12.4 Å². The molecule has 3 aromatic rings. The van der Waals surface area contributed by atoms with E-state index in [4.69, 9.17) is 0 Å². The highest BCUT2D eigenvalue weighted by Crippen LogP contribution is 2.31. The first kappa shape index (κ1) is 22.2. The molecule has 0 aliphatic carbocycles. The fourth-order valence-corrected chi connectivity index (χ4v) is 3.83. The van der Waals surface area contributed by atoms with Gasteiger partial charge in [0.2, 0.25) is 5.91 Å². The number of hydrogen-bond acceptors (Lipinski definition) is 4. The zero-order chi connectivity index (χ0) is 19.6. The number of likely N-dealkylation sites (N-methyl/N-ethyl adjacent to an activating group) is 1. The quantitative estimate of drug-likeness (QED) is 0.585. The maximum atomic E-state index is 14.0. The molecule has 0 saturated carbocycles. The lowest BCUT2D eigenvalue weighted by atomic mass is 10.1. The van der Waals surface area contributed by atoms with Crippen molar-refractivity contribution in [2.75, 3.05) is 32.1 Å². The van der Waals surface area contributed by atoms with Gasteiger partial charge >= 0.3 is 0 Å². The highest BCUT2D eigenvalue weighted by atomic mass is 35.5. The van der Waals surface area contributed by atoms with Crippen LogP contribution in [0.1, 0.15) is 11.1 Å². The van der Waals surface area contributed by atoms with Crippen molar-refractivity contribution in [2.45, 2.75) is 13.3 Å². The van der Waals surface area contributed by atoms with Crippen LogP contribution in [-0.2, 0) is 11.2 Å². The minimum absolute atomic E-state index is 0. The van der Waals surface area contributed by atoms with Crippen LogP contribution in [0, 0.1) is 18.6 Å². The number of halogens is 3. The van der Waals surface area contributed by atoms with Crippen LogP contribution in [0.2, 0.25) is 0 Å². The van der Waals surface area contributed by atoms with Crippen LogP contribution in [-0.4, -0.2) is 43.0 Å². The minimum atomic E-state index is -0.716. The molecule has 3 rings (SSSR count). The van der Waals surface area contributed by atoms with Crippen molar-refractivity contribution in [1.29, 1.82) is 0 Å². The second-order valence-electron chi connectivity index (χ2n) is 6.75. The molecule has 0 radical (unpaired) electrons. The van der Waals surface area contributed by atoms with Gasteiger partial charge in [-0.2, -0.15) is 0 Å². The highest BCUT2D eigenvalue weighted by Gasteiger charge is 2.21. The molecule has 28 heavy (non-hydrogen) atoms. The van der Waals surface area contributed by atoms with Crippen molar-refractivity contribution in [3.8, 4) is 0 Å². The SMILES string of the molecule is Cc1cccc(CC(=O)N(CCN(C)C)c2nc3c(F)cc(F)cc3s2)c1.Cl. The second kappa shape index (κ2) is 9.41. The van der Waals surface area contributed by atoms with Crippen LogP contribution < -0.4 is 4.90 Å². The van der Waals surface area contributed by atoms with E-state index >= 15 is 0 Å². The molecule has 0 spiro atoms. The number of amides is 1. The summed E-state index contributed by atoms with van der Waals surface area (Å²) in [6.45, 7) is 3.02. The standard InChI is InChI=1S/C20H21F2N3OS.ClH/c1-13-5-4-6-14(9-13)10-18(26)25(8-7-24(2)3)20-23-19-16(22)11-15(21)12-17(19)27-20;/h4-6,9,11-12H,7-8,10H2,1-3H3;1H. The Labute approximate surface area is 173 Å². The largest absolute Gasteiger partial charge is 0.308 e. The molecular formula is C20H22ClF2N3OS. The van der Waals surface area contributed by atoms with E-state index in [1.807, 2.05) is 50.2 Å². The number of anilines is 1. The van der Waals surface area contributed by atoms with Gasteiger partial charge in [0.25, 0.3) is 0 Å². The Kier molecular flexibility index (Phi) is 7.46. The topological polar surface area (TPSA) is 36.4 Å². The smallest absolute Gasteiger partial charge is 0.233 e. The third-order valence-corrected chi connectivity index (χ3v) is 5.17. The summed E-state index contributed by atoms with van der Waals surface area (Å²) >= 11 is 1.12. The van der Waals surface area contributed by atoms with Crippen LogP contribution >= 0.6 is 23.7 Å². The summed E-state index contributed by atoms with van der Waals surface area (Å²) in [6, 6.07) is 9.82. The average molecular weight is 426 g/mol. The van der Waals surface area contributed by atoms with Crippen LogP contribution in [0.25, 0.3) is 10.2 Å². The molecule has 0 fully saturated rings. The molecule has 0 bridgehead atoms. The Bertz CT molecular complexity index is 977. The molecule has 1 aromatic heterocycles. The molecule has 0 aliphatic heterocycles. The molecule has 0 atom stereocenters. The predicted molar refractivity (Wildman–Crippen MR) is 113 cm³/mol. The summed E-state index contributed by atoms with van der Waals surface area (Å²) < 4.78 is 27.9. The third kappa shape index (κ3) is 5.25. The molecule has 2 aromatic carbocycles. The molecule has 150 valence electrons. The number of carbonyl (C=O) groups is 1. The van der Waals surface area contributed by atoms with Gasteiger partial charge in [0.1, 0.15) is 11.3 Å². The van der Waals surface area contributed by atoms with E-state index in [0.29, 0.717) is 22.9 Å². The zero-order valence-corrected chi connectivity index (χ0v) is 17.5. The summed E-state index contributed by atoms with van der Waals surface area (Å²) in [5, 5.41) is 0.383. The Morgan fingerprint density at radius 3 is 2.57 bits per heavy atom. The van der Waals surface area contributed by atoms with Crippen LogP contribution in [0.5, 0.6) is 0 Å². The molecular weight excluding hydrogens is 404 g/mol. The van der Waals surface area contributed by atoms with E-state index in [1.165, 1.54) is 6.07 Å². The van der Waals surface area contributed by atoms with Crippen LogP contribution in [0.4, 0.5) is 13.9 Å². The number of hydrogen-bond donors (Lipinski definition) is 0. The number of fused-ring (bicyclic) bond motifs is 1. The molecule has 0 N–H and O–H groups in total. The van der Waals surface area contributed by atoms with Gasteiger partial charge in [-0.1, -0.05) is 41.2 Å². The van der Waals surface area contributed by atoms with E-state index in [1.54, 1.807) is 4.90 Å². The third-order valence-electron chi connectivity index (χ3n) is 4.14. The van der Waals surface area contributed by atoms with Crippen LogP contribution in [0.15, 0.2) is 36.4 Å². The number of nitrogens with zero attached hydrogens (tertiary/aromatic N) is 3. The first-order valence-electron chi connectivity index (χ1n) is 8.59. The number of benzene rings is 2. The maximum Gasteiger partial charge on any atom is 0.233 e. The van der Waals surface area contributed by atoms with E-state index in [2.05, 4.69) is 4.98 Å². The fourth-order valence-electron chi connectivity index (χ4n) is 2.78. The predicted octanol–water partition coefficient (Wildman–Crippen LogP) is 4.44. The summed E-state index contributed by atoms with van der Waals surface area (Å²) in [5.74, 6) is -1.49. The van der Waals surface area contributed by atoms with Crippen molar-refractivity contribution in [3.05, 3.63) is 59.2 Å². The van der Waals surface area contributed by atoms with Crippen molar-refractivity contribution in [2.24, 2.45) is 0 Å². The van der Waals surface area contributed by atoms with Crippen molar-refractivity contribution in [3.63, 3.8) is 0 Å². The zero-order valence-electron chi connectivity index (χ0n) is 15.9. The summed E-state index contributed by atoms with van der Waals surface area (Å²) in [6.07, 6.45) is 0.224. The van der Waals surface area contributed by atoms with Gasteiger partial charge in [0, 0.05) is 19.2 Å². The lowest BCUT2D eigenvalue weighted by Crippen LogP contribution is -2.37. The monoisotopic (exact) mass is 425 g/mol. The number of rotatable bonds is 6. The van der Waals surface area contributed by atoms with Crippen molar-refractivity contribution >= 4 is 45.0 Å². The molecule has 0 unspecified atom stereocenters. The highest BCUT2D eigenvalue weighted by molar-refractivity contribution is 7.22. The number of aryl methyl sites for hydroxylation is 1. The number of carbonyl (C=O) groups excluding carboxylic acids is 1. The summed E-state index contributed by atoms with van der Waals surface area (Å²) in [4.78, 5) is 20.8. The Morgan fingerprint density at radius 1 is 1.14 bits per heavy atom. The lowest BCUT2D eigenvalue weighted by Gasteiger charge is -2.22. The average Bonchev–Trinajstić information content (AvgIpc) is 2.98. The van der Waals surface area contributed by atoms with Gasteiger partial charge in [0.05, 0.1) is 11.1 Å². The van der Waals surface area contributed by atoms with E-state index < -0.39 is 11.6 Å². The number of aromatic nitrogens is 1. The normalized spacial score (nSPS) is 10.9. The van der Waals surface area contributed by atoms with E-state index in [0.717, 1.165) is 28.5 Å². The van der Waals surface area contributed by atoms with Crippen molar-refractivity contribution < 1.29 is 13.6 Å². The fraction of sp³-hybridized carbons (Fsp3) is 0.300. The molecule has 1 heterocycles. The summed E-state index contributed by atoms with van der Waals surface area (Å²) in [5.41, 5.74) is 2.08. The van der Waals surface area contributed by atoms with Gasteiger partial charge in [-0.3, -0.25) is 9.69 Å². The van der Waals surface area contributed by atoms with Crippen molar-refractivity contribution in [1.82, 2.24) is 9.88 Å². The molecule has 0 saturated heterocycles. The molecule has 4 nitrogen and oxygen atoms in total. The first-order chi connectivity index (χ1) is 12.8. The van der Waals surface area contributed by atoms with Gasteiger partial charge in [-0.25, -0.2) is 13.8 Å². The Balaban J connectivity index is 0.00000280. The van der Waals surface area contributed by atoms with Gasteiger partial charge in [-0.05, 0) is 32.6 Å². The maximum absolute atomic E-state index is 14.0. The van der Waals surface area contributed by atoms with E-state index in [-0.39, 0.29) is 30.3 Å². The van der Waals surface area contributed by atoms with E-state index in [9.17, 15) is 13.6 Å². The Hall–Kier alpha value is -2.09. The second-order valence-corrected chi connectivity index (χ2v) is 7.75. The van der Waals surface area contributed by atoms with Gasteiger partial charge in [0.15, 0.2) is 10.9 Å². The first-order valence-corrected chi connectivity index (χ1v) is 9.41. The summed E-state index contributed by atoms with van der Waals surface area (Å²) in [7, 11) is 3.83. The molecule has 0 aliphatic rings.